The molecular weight excluding hydrogens is 168 g/mol. The molecule has 2 rings (SSSR count). The fourth-order valence-corrected chi connectivity index (χ4v) is 1.44. The van der Waals surface area contributed by atoms with E-state index in [1.165, 1.54) is 19.3 Å². The summed E-state index contributed by atoms with van der Waals surface area (Å²) < 4.78 is 5.01. The summed E-state index contributed by atoms with van der Waals surface area (Å²) in [4.78, 5) is 4.23. The molecule has 1 aliphatic carbocycles. The maximum Gasteiger partial charge on any atom is 0.229 e. The number of aromatic nitrogens is 2. The monoisotopic (exact) mass is 182 g/mol. The van der Waals surface area contributed by atoms with Crippen molar-refractivity contribution in [2.24, 2.45) is 0 Å². The zero-order valence-electron chi connectivity index (χ0n) is 7.73. The lowest BCUT2D eigenvalue weighted by atomic mass is 9.85. The zero-order valence-corrected chi connectivity index (χ0v) is 7.73. The first kappa shape index (κ1) is 8.69. The van der Waals surface area contributed by atoms with Crippen molar-refractivity contribution in [1.82, 2.24) is 10.1 Å². The predicted octanol–water partition coefficient (Wildman–Crippen LogP) is 1.26. The molecule has 0 aliphatic heterocycles. The predicted molar refractivity (Wildman–Crippen MR) is 46.3 cm³/mol. The molecular formula is C9H14N2O2. The lowest BCUT2D eigenvalue weighted by molar-refractivity contribution is 0.181. The van der Waals surface area contributed by atoms with Gasteiger partial charge in [-0.3, -0.25) is 0 Å². The number of hydrogen-bond donors (Lipinski definition) is 1. The molecule has 72 valence electrons. The Bertz CT molecular complexity index is 279. The van der Waals surface area contributed by atoms with Gasteiger partial charge in [-0.1, -0.05) is 11.6 Å². The second-order valence-corrected chi connectivity index (χ2v) is 3.73. The summed E-state index contributed by atoms with van der Waals surface area (Å²) in [6, 6.07) is 0. The molecule has 1 aromatic heterocycles. The molecule has 4 heteroatoms. The summed E-state index contributed by atoms with van der Waals surface area (Å²) in [7, 11) is 0. The van der Waals surface area contributed by atoms with Gasteiger partial charge in [-0.05, 0) is 19.8 Å². The fraction of sp³-hybridized carbons (Fsp3) is 0.778. The van der Waals surface area contributed by atoms with Gasteiger partial charge in [-0.25, -0.2) is 0 Å². The molecule has 4 nitrogen and oxygen atoms in total. The van der Waals surface area contributed by atoms with E-state index in [0.29, 0.717) is 18.2 Å². The van der Waals surface area contributed by atoms with E-state index in [0.717, 1.165) is 5.82 Å². The van der Waals surface area contributed by atoms with Gasteiger partial charge in [0, 0.05) is 5.92 Å². The van der Waals surface area contributed by atoms with Crippen molar-refractivity contribution in [3.63, 3.8) is 0 Å². The highest BCUT2D eigenvalue weighted by molar-refractivity contribution is 4.99. The molecule has 0 bridgehead atoms. The number of aliphatic hydroxyl groups excluding tert-OH is 1. The largest absolute Gasteiger partial charge is 0.393 e. The van der Waals surface area contributed by atoms with Crippen LogP contribution in [0.25, 0.3) is 0 Å². The first-order valence-corrected chi connectivity index (χ1v) is 4.76. The third-order valence-electron chi connectivity index (χ3n) is 2.42. The molecule has 1 heterocycles. The molecule has 1 N–H and O–H groups in total. The molecule has 1 aliphatic rings. The van der Waals surface area contributed by atoms with Gasteiger partial charge in [0.2, 0.25) is 5.89 Å². The van der Waals surface area contributed by atoms with Gasteiger partial charge in [0.25, 0.3) is 0 Å². The van der Waals surface area contributed by atoms with Crippen LogP contribution in [-0.4, -0.2) is 21.4 Å². The van der Waals surface area contributed by atoms with E-state index in [1.807, 2.05) is 0 Å². The maximum atomic E-state index is 9.10. The Labute approximate surface area is 77.0 Å². The molecule has 1 aromatic rings. The van der Waals surface area contributed by atoms with E-state index >= 15 is 0 Å². The smallest absolute Gasteiger partial charge is 0.229 e. The van der Waals surface area contributed by atoms with Gasteiger partial charge in [0.15, 0.2) is 5.82 Å². The van der Waals surface area contributed by atoms with Crippen molar-refractivity contribution in [3.8, 4) is 0 Å². The highest BCUT2D eigenvalue weighted by atomic mass is 16.5. The molecule has 0 spiro atoms. The average molecular weight is 182 g/mol. The Morgan fingerprint density at radius 2 is 2.38 bits per heavy atom. The van der Waals surface area contributed by atoms with Crippen molar-refractivity contribution < 1.29 is 9.63 Å². The van der Waals surface area contributed by atoms with Gasteiger partial charge >= 0.3 is 0 Å². The third-order valence-corrected chi connectivity index (χ3v) is 2.42. The Hall–Kier alpha value is -0.900. The minimum absolute atomic E-state index is 0.408. The van der Waals surface area contributed by atoms with Crippen molar-refractivity contribution in [1.29, 1.82) is 0 Å². The Balaban J connectivity index is 2.00. The summed E-state index contributed by atoms with van der Waals surface area (Å²) >= 11 is 0. The number of aliphatic hydroxyl groups is 1. The fourth-order valence-electron chi connectivity index (χ4n) is 1.44. The van der Waals surface area contributed by atoms with Crippen LogP contribution in [0.1, 0.15) is 43.8 Å². The standard InChI is InChI=1S/C9H14N2O2/c1-6(12)5-8-10-9(11-13-8)7-3-2-4-7/h6-7,12H,2-5H2,1H3. The molecule has 1 fully saturated rings. The number of rotatable bonds is 3. The third kappa shape index (κ3) is 1.88. The van der Waals surface area contributed by atoms with Gasteiger partial charge in [0.05, 0.1) is 12.5 Å². The van der Waals surface area contributed by atoms with E-state index < -0.39 is 6.10 Å². The SMILES string of the molecule is CC(O)Cc1nc(C2CCC2)no1. The van der Waals surface area contributed by atoms with E-state index in [2.05, 4.69) is 10.1 Å². The van der Waals surface area contributed by atoms with Crippen molar-refractivity contribution in [3.05, 3.63) is 11.7 Å². The van der Waals surface area contributed by atoms with E-state index in [-0.39, 0.29) is 0 Å². The van der Waals surface area contributed by atoms with Crippen LogP contribution in [-0.2, 0) is 6.42 Å². The van der Waals surface area contributed by atoms with Crippen LogP contribution in [0.3, 0.4) is 0 Å². The first-order valence-electron chi connectivity index (χ1n) is 4.76. The second-order valence-electron chi connectivity index (χ2n) is 3.73. The zero-order chi connectivity index (χ0) is 9.26. The summed E-state index contributed by atoms with van der Waals surface area (Å²) in [6.07, 6.45) is 3.67. The van der Waals surface area contributed by atoms with Crippen LogP contribution in [0.5, 0.6) is 0 Å². The molecule has 13 heavy (non-hydrogen) atoms. The quantitative estimate of drug-likeness (QED) is 0.764. The number of nitrogens with zero attached hydrogens (tertiary/aromatic N) is 2. The normalized spacial score (nSPS) is 19.8. The van der Waals surface area contributed by atoms with Gasteiger partial charge in [-0.2, -0.15) is 4.98 Å². The van der Waals surface area contributed by atoms with Crippen molar-refractivity contribution in [2.45, 2.75) is 44.6 Å². The Morgan fingerprint density at radius 1 is 1.62 bits per heavy atom. The molecule has 0 radical (unpaired) electrons. The van der Waals surface area contributed by atoms with Crippen molar-refractivity contribution in [2.75, 3.05) is 0 Å². The minimum atomic E-state index is -0.408. The first-order chi connectivity index (χ1) is 6.25. The van der Waals surface area contributed by atoms with Crippen LogP contribution in [0.2, 0.25) is 0 Å². The van der Waals surface area contributed by atoms with E-state index in [4.69, 9.17) is 9.63 Å². The maximum absolute atomic E-state index is 9.10. The second kappa shape index (κ2) is 3.46. The minimum Gasteiger partial charge on any atom is -0.393 e. The van der Waals surface area contributed by atoms with Crippen LogP contribution >= 0.6 is 0 Å². The Morgan fingerprint density at radius 3 is 2.92 bits per heavy atom. The summed E-state index contributed by atoms with van der Waals surface area (Å²) in [5, 5.41) is 13.0. The van der Waals surface area contributed by atoms with Crippen LogP contribution in [0.4, 0.5) is 0 Å². The highest BCUT2D eigenvalue weighted by Gasteiger charge is 2.24. The molecule has 1 atom stereocenters. The molecule has 0 amide bonds. The van der Waals surface area contributed by atoms with Gasteiger partial charge in [-0.15, -0.1) is 0 Å². The summed E-state index contributed by atoms with van der Waals surface area (Å²) in [6.45, 7) is 1.72. The molecule has 0 aromatic carbocycles. The lowest BCUT2D eigenvalue weighted by Crippen LogP contribution is -2.10. The number of hydrogen-bond acceptors (Lipinski definition) is 4. The van der Waals surface area contributed by atoms with Crippen LogP contribution in [0.15, 0.2) is 4.52 Å². The summed E-state index contributed by atoms with van der Waals surface area (Å²) in [5.41, 5.74) is 0. The van der Waals surface area contributed by atoms with E-state index in [9.17, 15) is 0 Å². The van der Waals surface area contributed by atoms with Gasteiger partial charge in [0.1, 0.15) is 0 Å². The lowest BCUT2D eigenvalue weighted by Gasteiger charge is -2.20. The Kier molecular flexibility index (Phi) is 2.31. The van der Waals surface area contributed by atoms with E-state index in [1.54, 1.807) is 6.92 Å². The topological polar surface area (TPSA) is 59.2 Å². The molecule has 1 unspecified atom stereocenters. The van der Waals surface area contributed by atoms with Crippen LogP contribution < -0.4 is 0 Å². The van der Waals surface area contributed by atoms with Crippen LogP contribution in [0, 0.1) is 0 Å². The highest BCUT2D eigenvalue weighted by Crippen LogP contribution is 2.34. The molecule has 0 saturated heterocycles. The molecule has 1 saturated carbocycles. The average Bonchev–Trinajstić information content (AvgIpc) is 2.31. The van der Waals surface area contributed by atoms with Crippen molar-refractivity contribution >= 4 is 0 Å². The van der Waals surface area contributed by atoms with Gasteiger partial charge < -0.3 is 9.63 Å². The summed E-state index contributed by atoms with van der Waals surface area (Å²) in [5.74, 6) is 1.88.